The monoisotopic (exact) mass is 329 g/mol. The Bertz CT molecular complexity index is 460. The lowest BCUT2D eigenvalue weighted by Gasteiger charge is -2.36. The third kappa shape index (κ3) is 3.76. The summed E-state index contributed by atoms with van der Waals surface area (Å²) in [6, 6.07) is 5.07. The summed E-state index contributed by atoms with van der Waals surface area (Å²) < 4.78 is 14.1. The predicted octanol–water partition coefficient (Wildman–Crippen LogP) is 3.27. The van der Waals surface area contributed by atoms with Crippen molar-refractivity contribution >= 4 is 21.9 Å². The number of hydrogen-bond acceptors (Lipinski definition) is 2. The molecule has 5 heteroatoms. The number of carboxylic acids is 1. The molecule has 1 N–H and O–H groups in total. The van der Waals surface area contributed by atoms with Gasteiger partial charge in [0.25, 0.3) is 0 Å². The summed E-state index contributed by atoms with van der Waals surface area (Å²) in [6.07, 6.45) is 1.32. The van der Waals surface area contributed by atoms with Crippen molar-refractivity contribution in [2.45, 2.75) is 32.4 Å². The molecule has 19 heavy (non-hydrogen) atoms. The van der Waals surface area contributed by atoms with E-state index in [4.69, 9.17) is 5.11 Å². The summed E-state index contributed by atoms with van der Waals surface area (Å²) >= 11 is 3.29. The van der Waals surface area contributed by atoms with Gasteiger partial charge in [-0.3, -0.25) is 9.69 Å². The molecule has 1 aromatic carbocycles. The Hall–Kier alpha value is -0.940. The second kappa shape index (κ2) is 6.01. The van der Waals surface area contributed by atoms with E-state index in [0.717, 1.165) is 16.6 Å². The molecule has 0 saturated carbocycles. The minimum atomic E-state index is -0.708. The molecule has 0 bridgehead atoms. The van der Waals surface area contributed by atoms with Crippen LogP contribution < -0.4 is 0 Å². The topological polar surface area (TPSA) is 40.5 Å². The van der Waals surface area contributed by atoms with Crippen LogP contribution in [-0.4, -0.2) is 28.6 Å². The van der Waals surface area contributed by atoms with E-state index in [-0.39, 0.29) is 17.8 Å². The summed E-state index contributed by atoms with van der Waals surface area (Å²) in [5.74, 6) is -1.21. The number of halogens is 2. The van der Waals surface area contributed by atoms with Crippen LogP contribution in [0.1, 0.15) is 25.3 Å². The predicted molar refractivity (Wildman–Crippen MR) is 74.3 cm³/mol. The van der Waals surface area contributed by atoms with Crippen LogP contribution in [0.3, 0.4) is 0 Å². The van der Waals surface area contributed by atoms with Gasteiger partial charge in [-0.2, -0.15) is 0 Å². The van der Waals surface area contributed by atoms with Gasteiger partial charge in [-0.25, -0.2) is 4.39 Å². The van der Waals surface area contributed by atoms with Crippen molar-refractivity contribution < 1.29 is 14.3 Å². The van der Waals surface area contributed by atoms with Crippen molar-refractivity contribution in [1.29, 1.82) is 0 Å². The molecule has 2 unspecified atom stereocenters. The lowest BCUT2D eigenvalue weighted by molar-refractivity contribution is -0.144. The normalized spacial score (nSPS) is 24.4. The minimum Gasteiger partial charge on any atom is -0.481 e. The van der Waals surface area contributed by atoms with Crippen LogP contribution >= 0.6 is 15.9 Å². The van der Waals surface area contributed by atoms with E-state index in [1.807, 2.05) is 13.0 Å². The van der Waals surface area contributed by atoms with Crippen molar-refractivity contribution in [3.63, 3.8) is 0 Å². The molecule has 1 heterocycles. The Labute approximate surface area is 120 Å². The SMILES string of the molecule is CC1CC(C(=O)O)CCN1Cc1cc(F)cc(Br)c1. The summed E-state index contributed by atoms with van der Waals surface area (Å²) in [5.41, 5.74) is 0.910. The molecule has 3 nitrogen and oxygen atoms in total. The summed E-state index contributed by atoms with van der Waals surface area (Å²) in [7, 11) is 0. The van der Waals surface area contributed by atoms with E-state index in [1.54, 1.807) is 0 Å². The molecule has 0 aromatic heterocycles. The van der Waals surface area contributed by atoms with Crippen molar-refractivity contribution in [3.05, 3.63) is 34.1 Å². The highest BCUT2D eigenvalue weighted by atomic mass is 79.9. The molecule has 1 aliphatic rings. The third-order valence-electron chi connectivity index (χ3n) is 3.67. The second-order valence-corrected chi connectivity index (χ2v) is 6.07. The molecule has 104 valence electrons. The first-order valence-electron chi connectivity index (χ1n) is 6.37. The van der Waals surface area contributed by atoms with Gasteiger partial charge in [-0.15, -0.1) is 0 Å². The molecule has 0 aliphatic carbocycles. The molecule has 1 aliphatic heterocycles. The average Bonchev–Trinajstić information content (AvgIpc) is 2.30. The van der Waals surface area contributed by atoms with Crippen molar-refractivity contribution in [1.82, 2.24) is 4.90 Å². The highest BCUT2D eigenvalue weighted by Gasteiger charge is 2.29. The molecule has 0 spiro atoms. The molecule has 0 radical (unpaired) electrons. The number of likely N-dealkylation sites (tertiary alicyclic amines) is 1. The van der Waals surface area contributed by atoms with Crippen molar-refractivity contribution in [2.75, 3.05) is 6.54 Å². The zero-order chi connectivity index (χ0) is 14.0. The smallest absolute Gasteiger partial charge is 0.306 e. The van der Waals surface area contributed by atoms with Crippen LogP contribution in [0.4, 0.5) is 4.39 Å². The fraction of sp³-hybridized carbons (Fsp3) is 0.500. The van der Waals surface area contributed by atoms with Gasteiger partial charge < -0.3 is 5.11 Å². The first-order chi connectivity index (χ1) is 8.95. The average molecular weight is 330 g/mol. The number of carboxylic acid groups (broad SMARTS) is 1. The van der Waals surface area contributed by atoms with E-state index >= 15 is 0 Å². The minimum absolute atomic E-state index is 0.205. The number of nitrogens with zero attached hydrogens (tertiary/aromatic N) is 1. The largest absolute Gasteiger partial charge is 0.481 e. The highest BCUT2D eigenvalue weighted by molar-refractivity contribution is 9.10. The van der Waals surface area contributed by atoms with Crippen LogP contribution in [0.15, 0.2) is 22.7 Å². The van der Waals surface area contributed by atoms with Gasteiger partial charge in [-0.05, 0) is 50.1 Å². The van der Waals surface area contributed by atoms with E-state index in [0.29, 0.717) is 19.4 Å². The van der Waals surface area contributed by atoms with Gasteiger partial charge >= 0.3 is 5.97 Å². The summed E-state index contributed by atoms with van der Waals surface area (Å²) in [6.45, 7) is 3.43. The molecule has 2 atom stereocenters. The van der Waals surface area contributed by atoms with Gasteiger partial charge in [0.15, 0.2) is 0 Å². The molecule has 1 fully saturated rings. The third-order valence-corrected chi connectivity index (χ3v) is 4.13. The van der Waals surface area contributed by atoms with Gasteiger partial charge in [0, 0.05) is 17.1 Å². The second-order valence-electron chi connectivity index (χ2n) is 5.16. The van der Waals surface area contributed by atoms with Crippen molar-refractivity contribution in [3.8, 4) is 0 Å². The maximum atomic E-state index is 13.3. The Balaban J connectivity index is 2.02. The first-order valence-corrected chi connectivity index (χ1v) is 7.17. The van der Waals surface area contributed by atoms with Crippen LogP contribution in [0, 0.1) is 11.7 Å². The Morgan fingerprint density at radius 3 is 2.84 bits per heavy atom. The number of benzene rings is 1. The van der Waals surface area contributed by atoms with Crippen LogP contribution in [-0.2, 0) is 11.3 Å². The zero-order valence-corrected chi connectivity index (χ0v) is 12.4. The molecule has 2 rings (SSSR count). The van der Waals surface area contributed by atoms with Gasteiger partial charge in [0.1, 0.15) is 5.82 Å². The van der Waals surface area contributed by atoms with Crippen LogP contribution in [0.5, 0.6) is 0 Å². The molecule has 1 aromatic rings. The van der Waals surface area contributed by atoms with Gasteiger partial charge in [0.2, 0.25) is 0 Å². The van der Waals surface area contributed by atoms with E-state index in [1.165, 1.54) is 12.1 Å². The molecular formula is C14H17BrFNO2. The first kappa shape index (κ1) is 14.5. The molecular weight excluding hydrogens is 313 g/mol. The number of aliphatic carboxylic acids is 1. The maximum Gasteiger partial charge on any atom is 0.306 e. The van der Waals surface area contributed by atoms with Gasteiger partial charge in [0.05, 0.1) is 5.92 Å². The van der Waals surface area contributed by atoms with Crippen LogP contribution in [0.2, 0.25) is 0 Å². The Kier molecular flexibility index (Phi) is 4.58. The number of piperidine rings is 1. The number of hydrogen-bond donors (Lipinski definition) is 1. The summed E-state index contributed by atoms with van der Waals surface area (Å²) in [5, 5.41) is 9.03. The Morgan fingerprint density at radius 2 is 2.26 bits per heavy atom. The summed E-state index contributed by atoms with van der Waals surface area (Å²) in [4.78, 5) is 13.2. The quantitative estimate of drug-likeness (QED) is 0.925. The maximum absolute atomic E-state index is 13.3. The van der Waals surface area contributed by atoms with E-state index < -0.39 is 5.97 Å². The molecule has 1 saturated heterocycles. The lowest BCUT2D eigenvalue weighted by Crippen LogP contribution is -2.42. The fourth-order valence-corrected chi connectivity index (χ4v) is 3.13. The zero-order valence-electron chi connectivity index (χ0n) is 10.8. The highest BCUT2D eigenvalue weighted by Crippen LogP contribution is 2.25. The van der Waals surface area contributed by atoms with E-state index in [9.17, 15) is 9.18 Å². The van der Waals surface area contributed by atoms with Gasteiger partial charge in [-0.1, -0.05) is 15.9 Å². The fourth-order valence-electron chi connectivity index (χ4n) is 2.62. The van der Waals surface area contributed by atoms with Crippen molar-refractivity contribution in [2.24, 2.45) is 5.92 Å². The van der Waals surface area contributed by atoms with Crippen LogP contribution in [0.25, 0.3) is 0 Å². The Morgan fingerprint density at radius 1 is 1.53 bits per heavy atom. The van der Waals surface area contributed by atoms with E-state index in [2.05, 4.69) is 20.8 Å². The number of carbonyl (C=O) groups is 1. The standard InChI is InChI=1S/C14H17BrFNO2/c1-9-4-11(14(18)19)2-3-17(9)8-10-5-12(15)7-13(16)6-10/h5-7,9,11H,2-4,8H2,1H3,(H,18,19). The lowest BCUT2D eigenvalue weighted by atomic mass is 9.91. The number of rotatable bonds is 3. The molecule has 0 amide bonds.